The topological polar surface area (TPSA) is 76.3 Å². The van der Waals surface area contributed by atoms with Crippen LogP contribution < -0.4 is 16.0 Å². The molecule has 0 bridgehead atoms. The largest absolute Gasteiger partial charge is 0.378 e. The van der Waals surface area contributed by atoms with Crippen molar-refractivity contribution in [2.75, 3.05) is 37.4 Å². The third-order valence-corrected chi connectivity index (χ3v) is 4.00. The van der Waals surface area contributed by atoms with Crippen LogP contribution in [-0.2, 0) is 11.3 Å². The van der Waals surface area contributed by atoms with E-state index in [1.807, 2.05) is 6.07 Å². The van der Waals surface area contributed by atoms with Gasteiger partial charge in [-0.05, 0) is 25.3 Å². The van der Waals surface area contributed by atoms with Gasteiger partial charge in [0, 0.05) is 32.3 Å². The Morgan fingerprint density at radius 3 is 3.16 bits per heavy atom. The number of nitrogens with one attached hydrogen (secondary N) is 1. The van der Waals surface area contributed by atoms with Crippen molar-refractivity contribution in [3.8, 4) is 0 Å². The first-order valence-electron chi connectivity index (χ1n) is 6.87. The van der Waals surface area contributed by atoms with Gasteiger partial charge < -0.3 is 20.7 Å². The summed E-state index contributed by atoms with van der Waals surface area (Å²) in [4.78, 5) is 10.9. The van der Waals surface area contributed by atoms with Crippen molar-refractivity contribution >= 4 is 11.8 Å². The average Bonchev–Trinajstić information content (AvgIpc) is 2.82. The second-order valence-electron chi connectivity index (χ2n) is 5.38. The number of methoxy groups -OCH3 is 1. The molecule has 2 fully saturated rings. The molecule has 0 amide bonds. The molecule has 2 aliphatic heterocycles. The summed E-state index contributed by atoms with van der Waals surface area (Å²) in [6.45, 7) is 3.67. The lowest BCUT2D eigenvalue weighted by atomic mass is 9.94. The second kappa shape index (κ2) is 5.30. The quantitative estimate of drug-likeness (QED) is 0.822. The van der Waals surface area contributed by atoms with Crippen LogP contribution in [0.1, 0.15) is 18.5 Å². The molecule has 0 saturated carbocycles. The molecule has 1 aromatic rings. The summed E-state index contributed by atoms with van der Waals surface area (Å²) in [5, 5.41) is 3.59. The first-order chi connectivity index (χ1) is 9.26. The lowest BCUT2D eigenvalue weighted by Gasteiger charge is -2.24. The Kier molecular flexibility index (Phi) is 3.52. The van der Waals surface area contributed by atoms with Gasteiger partial charge in [-0.25, -0.2) is 4.98 Å². The molecule has 0 spiro atoms. The molecular weight excluding hydrogens is 242 g/mol. The molecule has 2 atom stereocenters. The zero-order valence-electron chi connectivity index (χ0n) is 11.3. The van der Waals surface area contributed by atoms with Crippen LogP contribution in [-0.4, -0.2) is 42.8 Å². The zero-order chi connectivity index (χ0) is 13.2. The van der Waals surface area contributed by atoms with Crippen molar-refractivity contribution in [3.63, 3.8) is 0 Å². The van der Waals surface area contributed by atoms with Crippen molar-refractivity contribution in [2.45, 2.75) is 25.5 Å². The van der Waals surface area contributed by atoms with E-state index in [-0.39, 0.29) is 0 Å². The molecule has 3 rings (SSSR count). The second-order valence-corrected chi connectivity index (χ2v) is 5.38. The van der Waals surface area contributed by atoms with Crippen LogP contribution in [0.15, 0.2) is 6.07 Å². The van der Waals surface area contributed by atoms with Gasteiger partial charge in [0.2, 0.25) is 5.95 Å². The molecule has 0 unspecified atom stereocenters. The number of nitrogens with zero attached hydrogens (tertiary/aromatic N) is 3. The number of aromatic nitrogens is 2. The van der Waals surface area contributed by atoms with Crippen LogP contribution >= 0.6 is 0 Å². The summed E-state index contributed by atoms with van der Waals surface area (Å²) in [5.74, 6) is 1.99. The van der Waals surface area contributed by atoms with Gasteiger partial charge in [0.25, 0.3) is 0 Å². The molecule has 0 aliphatic carbocycles. The Morgan fingerprint density at radius 2 is 2.37 bits per heavy atom. The smallest absolute Gasteiger partial charge is 0.222 e. The highest BCUT2D eigenvalue weighted by Gasteiger charge is 2.34. The molecule has 0 radical (unpaired) electrons. The molecule has 3 heterocycles. The van der Waals surface area contributed by atoms with E-state index in [0.717, 1.165) is 37.1 Å². The third kappa shape index (κ3) is 2.64. The molecule has 6 nitrogen and oxygen atoms in total. The summed E-state index contributed by atoms with van der Waals surface area (Å²) < 4.78 is 5.12. The van der Waals surface area contributed by atoms with Gasteiger partial charge in [0.05, 0.1) is 12.3 Å². The van der Waals surface area contributed by atoms with E-state index in [2.05, 4.69) is 20.2 Å². The minimum Gasteiger partial charge on any atom is -0.378 e. The Bertz CT molecular complexity index is 439. The maximum absolute atomic E-state index is 5.78. The predicted molar refractivity (Wildman–Crippen MR) is 73.9 cm³/mol. The lowest BCUT2D eigenvalue weighted by Crippen LogP contribution is -2.40. The first-order valence-corrected chi connectivity index (χ1v) is 6.87. The van der Waals surface area contributed by atoms with Gasteiger partial charge >= 0.3 is 0 Å². The summed E-state index contributed by atoms with van der Waals surface area (Å²) in [6.07, 6.45) is 2.58. The van der Waals surface area contributed by atoms with E-state index in [1.165, 1.54) is 12.8 Å². The fourth-order valence-electron chi connectivity index (χ4n) is 3.12. The Morgan fingerprint density at radius 1 is 1.47 bits per heavy atom. The number of rotatable bonds is 3. The molecule has 104 valence electrons. The molecule has 2 saturated heterocycles. The SMILES string of the molecule is COCc1cc(N2C[C@H]3CCCN[C@H]3C2)nc(N)n1. The van der Waals surface area contributed by atoms with E-state index >= 15 is 0 Å². The standard InChI is InChI=1S/C13H21N5O/c1-19-8-10-5-12(17-13(14)16-10)18-6-9-3-2-4-15-11(9)7-18/h5,9,11,15H,2-4,6-8H2,1H3,(H2,14,16,17)/t9-,11+/m1/s1. The van der Waals surface area contributed by atoms with Crippen LogP contribution in [0.2, 0.25) is 0 Å². The van der Waals surface area contributed by atoms with Crippen molar-refractivity contribution in [1.82, 2.24) is 15.3 Å². The Hall–Kier alpha value is -1.40. The van der Waals surface area contributed by atoms with Crippen molar-refractivity contribution < 1.29 is 4.74 Å². The monoisotopic (exact) mass is 263 g/mol. The van der Waals surface area contributed by atoms with Gasteiger partial charge in [-0.15, -0.1) is 0 Å². The van der Waals surface area contributed by atoms with Crippen LogP contribution in [0.25, 0.3) is 0 Å². The number of hydrogen-bond donors (Lipinski definition) is 2. The highest BCUT2D eigenvalue weighted by atomic mass is 16.5. The van der Waals surface area contributed by atoms with Gasteiger partial charge in [-0.2, -0.15) is 4.98 Å². The fourth-order valence-corrected chi connectivity index (χ4v) is 3.12. The summed E-state index contributed by atoms with van der Waals surface area (Å²) in [7, 11) is 1.66. The molecular formula is C13H21N5O. The number of anilines is 2. The van der Waals surface area contributed by atoms with Crippen LogP contribution in [0.4, 0.5) is 11.8 Å². The van der Waals surface area contributed by atoms with E-state index in [4.69, 9.17) is 10.5 Å². The van der Waals surface area contributed by atoms with E-state index in [9.17, 15) is 0 Å². The maximum atomic E-state index is 5.78. The van der Waals surface area contributed by atoms with E-state index < -0.39 is 0 Å². The third-order valence-electron chi connectivity index (χ3n) is 4.00. The number of nitrogens with two attached hydrogens (primary N) is 1. The molecule has 19 heavy (non-hydrogen) atoms. The van der Waals surface area contributed by atoms with Crippen molar-refractivity contribution in [3.05, 3.63) is 11.8 Å². The van der Waals surface area contributed by atoms with Gasteiger partial charge in [0.1, 0.15) is 5.82 Å². The van der Waals surface area contributed by atoms with Gasteiger partial charge in [-0.3, -0.25) is 0 Å². The predicted octanol–water partition coefficient (Wildman–Crippen LogP) is 0.393. The van der Waals surface area contributed by atoms with Gasteiger partial charge in [0.15, 0.2) is 0 Å². The maximum Gasteiger partial charge on any atom is 0.222 e. The Balaban J connectivity index is 1.78. The zero-order valence-corrected chi connectivity index (χ0v) is 11.3. The number of ether oxygens (including phenoxy) is 1. The van der Waals surface area contributed by atoms with E-state index in [0.29, 0.717) is 18.6 Å². The highest BCUT2D eigenvalue weighted by Crippen LogP contribution is 2.28. The Labute approximate surface area is 113 Å². The number of piperidine rings is 1. The fraction of sp³-hybridized carbons (Fsp3) is 0.692. The minimum absolute atomic E-state index is 0.326. The number of hydrogen-bond acceptors (Lipinski definition) is 6. The van der Waals surface area contributed by atoms with Crippen LogP contribution in [0, 0.1) is 5.92 Å². The summed E-state index contributed by atoms with van der Waals surface area (Å²) in [5.41, 5.74) is 6.62. The molecule has 6 heteroatoms. The molecule has 3 N–H and O–H groups in total. The van der Waals surface area contributed by atoms with Crippen LogP contribution in [0.3, 0.4) is 0 Å². The summed E-state index contributed by atoms with van der Waals surface area (Å²) >= 11 is 0. The summed E-state index contributed by atoms with van der Waals surface area (Å²) in [6, 6.07) is 2.58. The van der Waals surface area contributed by atoms with Crippen molar-refractivity contribution in [1.29, 1.82) is 0 Å². The van der Waals surface area contributed by atoms with Crippen LogP contribution in [0.5, 0.6) is 0 Å². The van der Waals surface area contributed by atoms with E-state index in [1.54, 1.807) is 7.11 Å². The normalized spacial score (nSPS) is 26.5. The first kappa shape index (κ1) is 12.6. The molecule has 2 aliphatic rings. The lowest BCUT2D eigenvalue weighted by molar-refractivity contribution is 0.181. The highest BCUT2D eigenvalue weighted by molar-refractivity contribution is 5.45. The van der Waals surface area contributed by atoms with Crippen molar-refractivity contribution in [2.24, 2.45) is 5.92 Å². The average molecular weight is 263 g/mol. The molecule has 0 aromatic carbocycles. The molecule has 1 aromatic heterocycles. The minimum atomic E-state index is 0.326. The number of nitrogen functional groups attached to an aromatic ring is 1. The number of fused-ring (bicyclic) bond motifs is 1. The van der Waals surface area contributed by atoms with Gasteiger partial charge in [-0.1, -0.05) is 0 Å².